The molecule has 1 aliphatic heterocycles. The molecule has 118 valence electrons. The molecule has 1 saturated heterocycles. The Morgan fingerprint density at radius 2 is 1.96 bits per heavy atom. The van der Waals surface area contributed by atoms with Gasteiger partial charge in [-0.05, 0) is 12.1 Å². The van der Waals surface area contributed by atoms with Gasteiger partial charge in [-0.2, -0.15) is 5.10 Å². The number of nitrogen functional groups attached to an aromatic ring is 1. The van der Waals surface area contributed by atoms with E-state index in [1.807, 2.05) is 6.07 Å². The molecule has 6 nitrogen and oxygen atoms in total. The normalized spacial score (nSPS) is 15.3. The topological polar surface area (TPSA) is 80.1 Å². The number of fused-ring (bicyclic) bond motifs is 1. The second kappa shape index (κ2) is 5.51. The second-order valence-electron chi connectivity index (χ2n) is 5.44. The largest absolute Gasteiger partial charge is 0.383 e. The Bertz CT molecular complexity index is 857. The quantitative estimate of drug-likeness (QED) is 0.758. The maximum atomic E-state index is 14.3. The lowest BCUT2D eigenvalue weighted by atomic mass is 10.0. The highest BCUT2D eigenvalue weighted by atomic mass is 19.1. The molecule has 0 spiro atoms. The minimum absolute atomic E-state index is 0.298. The van der Waals surface area contributed by atoms with Crippen LogP contribution < -0.4 is 10.6 Å². The average Bonchev–Trinajstić information content (AvgIpc) is 2.97. The van der Waals surface area contributed by atoms with E-state index in [0.29, 0.717) is 41.2 Å². The Morgan fingerprint density at radius 3 is 2.74 bits per heavy atom. The summed E-state index contributed by atoms with van der Waals surface area (Å²) in [6.45, 7) is 2.79. The Balaban J connectivity index is 1.93. The van der Waals surface area contributed by atoms with Crippen LogP contribution >= 0.6 is 0 Å². The molecule has 2 aromatic heterocycles. The van der Waals surface area contributed by atoms with E-state index < -0.39 is 0 Å². The number of rotatable bonds is 2. The molecule has 0 bridgehead atoms. The average molecular weight is 313 g/mol. The van der Waals surface area contributed by atoms with Crippen molar-refractivity contribution in [3.05, 3.63) is 36.1 Å². The van der Waals surface area contributed by atoms with Crippen LogP contribution in [0.1, 0.15) is 0 Å². The third-order valence-corrected chi connectivity index (χ3v) is 4.04. The van der Waals surface area contributed by atoms with Crippen LogP contribution in [0, 0.1) is 5.82 Å². The van der Waals surface area contributed by atoms with E-state index in [-0.39, 0.29) is 5.82 Å². The van der Waals surface area contributed by atoms with Crippen LogP contribution in [0.3, 0.4) is 0 Å². The molecule has 0 radical (unpaired) electrons. The van der Waals surface area contributed by atoms with Crippen molar-refractivity contribution in [3.63, 3.8) is 0 Å². The third-order valence-electron chi connectivity index (χ3n) is 4.04. The number of hydrogen-bond donors (Lipinski definition) is 2. The van der Waals surface area contributed by atoms with Crippen molar-refractivity contribution in [2.75, 3.05) is 36.9 Å². The first kappa shape index (κ1) is 14.0. The zero-order valence-corrected chi connectivity index (χ0v) is 12.4. The molecular formula is C16H16FN5O. The van der Waals surface area contributed by atoms with Crippen LogP contribution in [0.4, 0.5) is 16.0 Å². The molecule has 7 heteroatoms. The lowest BCUT2D eigenvalue weighted by molar-refractivity contribution is 0.122. The summed E-state index contributed by atoms with van der Waals surface area (Å²) in [5.41, 5.74) is 7.65. The maximum Gasteiger partial charge on any atom is 0.185 e. The van der Waals surface area contributed by atoms with E-state index in [0.717, 1.165) is 18.9 Å². The first-order chi connectivity index (χ1) is 11.2. The van der Waals surface area contributed by atoms with Crippen LogP contribution in [0.2, 0.25) is 0 Å². The summed E-state index contributed by atoms with van der Waals surface area (Å²) < 4.78 is 19.7. The first-order valence-electron chi connectivity index (χ1n) is 7.46. The molecule has 0 saturated carbocycles. The standard InChI is InChI=1S/C16H16FN5O/c17-12-4-2-1-3-10(12)11-9-13(22-5-7-23-8-6-22)19-16-14(11)15(18)20-21-16/h1-4,9H,5-8H2,(H3,18,19,20,21). The summed E-state index contributed by atoms with van der Waals surface area (Å²) in [4.78, 5) is 6.67. The number of morpholine rings is 1. The number of nitrogens with one attached hydrogen (secondary N) is 1. The number of benzene rings is 1. The van der Waals surface area contributed by atoms with Crippen LogP contribution in [-0.4, -0.2) is 41.5 Å². The van der Waals surface area contributed by atoms with Gasteiger partial charge in [0.2, 0.25) is 0 Å². The minimum atomic E-state index is -0.298. The number of aromatic nitrogens is 3. The van der Waals surface area contributed by atoms with Gasteiger partial charge in [0, 0.05) is 24.2 Å². The number of H-pyrrole nitrogens is 1. The number of aromatic amines is 1. The van der Waals surface area contributed by atoms with Crippen LogP contribution in [0.5, 0.6) is 0 Å². The van der Waals surface area contributed by atoms with Crippen molar-refractivity contribution in [2.45, 2.75) is 0 Å². The van der Waals surface area contributed by atoms with Gasteiger partial charge in [0.15, 0.2) is 5.65 Å². The van der Waals surface area contributed by atoms with Gasteiger partial charge in [-0.15, -0.1) is 0 Å². The maximum absolute atomic E-state index is 14.3. The lowest BCUT2D eigenvalue weighted by Crippen LogP contribution is -2.36. The van der Waals surface area contributed by atoms with Crippen molar-refractivity contribution >= 4 is 22.7 Å². The van der Waals surface area contributed by atoms with E-state index in [4.69, 9.17) is 10.5 Å². The van der Waals surface area contributed by atoms with Crippen molar-refractivity contribution in [2.24, 2.45) is 0 Å². The predicted molar refractivity (Wildman–Crippen MR) is 86.7 cm³/mol. The number of ether oxygens (including phenoxy) is 1. The van der Waals surface area contributed by atoms with Crippen LogP contribution in [-0.2, 0) is 4.74 Å². The molecule has 4 rings (SSSR count). The first-order valence-corrected chi connectivity index (χ1v) is 7.46. The fraction of sp³-hybridized carbons (Fsp3) is 0.250. The molecule has 23 heavy (non-hydrogen) atoms. The Kier molecular flexibility index (Phi) is 3.34. The van der Waals surface area contributed by atoms with Crippen molar-refractivity contribution in [3.8, 4) is 11.1 Å². The Morgan fingerprint density at radius 1 is 1.17 bits per heavy atom. The van der Waals surface area contributed by atoms with Gasteiger partial charge >= 0.3 is 0 Å². The van der Waals surface area contributed by atoms with Gasteiger partial charge in [0.25, 0.3) is 0 Å². The molecule has 1 aliphatic rings. The van der Waals surface area contributed by atoms with Crippen molar-refractivity contribution in [1.82, 2.24) is 15.2 Å². The van der Waals surface area contributed by atoms with Gasteiger partial charge in [0.05, 0.1) is 18.6 Å². The van der Waals surface area contributed by atoms with E-state index in [9.17, 15) is 4.39 Å². The monoisotopic (exact) mass is 313 g/mol. The highest BCUT2D eigenvalue weighted by Gasteiger charge is 2.19. The molecule has 0 atom stereocenters. The van der Waals surface area contributed by atoms with E-state index in [1.165, 1.54) is 6.07 Å². The van der Waals surface area contributed by atoms with E-state index >= 15 is 0 Å². The predicted octanol–water partition coefficient (Wildman–Crippen LogP) is 2.18. The van der Waals surface area contributed by atoms with Gasteiger partial charge in [0.1, 0.15) is 17.5 Å². The number of pyridine rings is 1. The molecule has 1 aromatic carbocycles. The molecule has 0 amide bonds. The highest BCUT2D eigenvalue weighted by molar-refractivity contribution is 6.01. The summed E-state index contributed by atoms with van der Waals surface area (Å²) >= 11 is 0. The molecule has 3 N–H and O–H groups in total. The fourth-order valence-corrected chi connectivity index (χ4v) is 2.88. The van der Waals surface area contributed by atoms with Crippen molar-refractivity contribution in [1.29, 1.82) is 0 Å². The number of halogens is 1. The van der Waals surface area contributed by atoms with Gasteiger partial charge < -0.3 is 15.4 Å². The Hall–Kier alpha value is -2.67. The van der Waals surface area contributed by atoms with Gasteiger partial charge in [-0.25, -0.2) is 9.37 Å². The summed E-state index contributed by atoms with van der Waals surface area (Å²) in [6, 6.07) is 8.51. The zero-order valence-electron chi connectivity index (χ0n) is 12.4. The summed E-state index contributed by atoms with van der Waals surface area (Å²) in [6.07, 6.45) is 0. The van der Waals surface area contributed by atoms with E-state index in [1.54, 1.807) is 18.2 Å². The molecule has 0 aliphatic carbocycles. The molecule has 0 unspecified atom stereocenters. The number of nitrogens with zero attached hydrogens (tertiary/aromatic N) is 3. The minimum Gasteiger partial charge on any atom is -0.383 e. The molecule has 1 fully saturated rings. The second-order valence-corrected chi connectivity index (χ2v) is 5.44. The van der Waals surface area contributed by atoms with Crippen LogP contribution in [0.15, 0.2) is 30.3 Å². The molecule has 3 aromatic rings. The van der Waals surface area contributed by atoms with Crippen LogP contribution in [0.25, 0.3) is 22.2 Å². The zero-order chi connectivity index (χ0) is 15.8. The summed E-state index contributed by atoms with van der Waals surface area (Å²) in [7, 11) is 0. The third kappa shape index (κ3) is 2.39. The smallest absolute Gasteiger partial charge is 0.185 e. The SMILES string of the molecule is Nc1[nH]nc2nc(N3CCOCC3)cc(-c3ccccc3F)c12. The number of nitrogens with two attached hydrogens (primary N) is 1. The number of hydrogen-bond acceptors (Lipinski definition) is 5. The van der Waals surface area contributed by atoms with E-state index in [2.05, 4.69) is 20.1 Å². The number of anilines is 2. The van der Waals surface area contributed by atoms with Gasteiger partial charge in [-0.3, -0.25) is 5.10 Å². The van der Waals surface area contributed by atoms with Gasteiger partial charge in [-0.1, -0.05) is 18.2 Å². The summed E-state index contributed by atoms with van der Waals surface area (Å²) in [5, 5.41) is 7.53. The highest BCUT2D eigenvalue weighted by Crippen LogP contribution is 2.34. The Labute approximate surface area is 132 Å². The van der Waals surface area contributed by atoms with Crippen molar-refractivity contribution < 1.29 is 9.13 Å². The summed E-state index contributed by atoms with van der Waals surface area (Å²) in [5.74, 6) is 0.846. The fourth-order valence-electron chi connectivity index (χ4n) is 2.88. The molecular weight excluding hydrogens is 297 g/mol. The molecule has 3 heterocycles. The lowest BCUT2D eigenvalue weighted by Gasteiger charge is -2.28.